The maximum Gasteiger partial charge on any atom is 2.00 e. The van der Waals surface area contributed by atoms with Crippen molar-refractivity contribution >= 4 is 34.2 Å². The molecule has 4 aliphatic rings. The van der Waals surface area contributed by atoms with Gasteiger partial charge in [-0.1, -0.05) is 0 Å². The molecule has 0 spiro atoms. The number of fused-ring (bicyclic) bond motifs is 2. The Morgan fingerprint density at radius 1 is 0.649 bits per heavy atom. The minimum absolute atomic E-state index is 0. The van der Waals surface area contributed by atoms with Crippen LogP contribution >= 0.6 is 0 Å². The molecule has 9 heteroatoms. The fourth-order valence-electron chi connectivity index (χ4n) is 4.67. The standard InChI is InChI=1S/2C14H13NO2.2ClH.Zr/c2*1-8-6-11(10-4-3-5-17-14(10)16)12-7-9(2)15-13(8)12;;;/h2*3-4,6-7,15H,5H2,1-2H3;2*1H;/q;;;;+2/p-2. The van der Waals surface area contributed by atoms with Crippen molar-refractivity contribution in [3.8, 4) is 0 Å². The normalized spacial score (nSPS) is 20.6. The molecule has 0 unspecified atom stereocenters. The van der Waals surface area contributed by atoms with E-state index in [9.17, 15) is 9.59 Å². The van der Waals surface area contributed by atoms with Crippen LogP contribution in [0.25, 0.3) is 22.3 Å². The number of rotatable bonds is 0. The summed E-state index contributed by atoms with van der Waals surface area (Å²) >= 11 is 0. The average Bonchev–Trinajstić information content (AvgIpc) is 3.53. The Hall–Kier alpha value is -2.60. The Bertz CT molecular complexity index is 1330. The molecule has 2 aliphatic carbocycles. The molecule has 0 aromatic carbocycles. The van der Waals surface area contributed by atoms with E-state index in [1.165, 1.54) is 0 Å². The van der Waals surface area contributed by atoms with Gasteiger partial charge in [0.2, 0.25) is 0 Å². The summed E-state index contributed by atoms with van der Waals surface area (Å²) in [6, 6.07) is 4.14. The first-order chi connectivity index (χ1) is 16.3. The molecular weight excluding hydrogens is 590 g/mol. The Labute approximate surface area is 247 Å². The number of halogens is 2. The molecule has 37 heavy (non-hydrogen) atoms. The van der Waals surface area contributed by atoms with Crippen LogP contribution in [0.1, 0.15) is 47.8 Å². The van der Waals surface area contributed by atoms with Crippen LogP contribution in [-0.4, -0.2) is 35.1 Å². The fraction of sp³-hybridized carbons (Fsp3) is 0.214. The molecule has 0 radical (unpaired) electrons. The second kappa shape index (κ2) is 12.3. The molecular formula is C28H26Cl2N2O4Zr. The van der Waals surface area contributed by atoms with Gasteiger partial charge in [-0.2, -0.15) is 0 Å². The van der Waals surface area contributed by atoms with Crippen molar-refractivity contribution in [3.63, 3.8) is 0 Å². The van der Waals surface area contributed by atoms with Crippen molar-refractivity contribution in [1.29, 1.82) is 0 Å². The minimum atomic E-state index is -0.238. The van der Waals surface area contributed by atoms with E-state index < -0.39 is 0 Å². The zero-order valence-corrected chi connectivity index (χ0v) is 24.9. The number of carbonyl (C=O) groups excluding carboxylic acids is 2. The molecule has 4 heterocycles. The number of cyclic esters (lactones) is 2. The van der Waals surface area contributed by atoms with Crippen molar-refractivity contribution in [3.05, 3.63) is 93.6 Å². The number of hydrogen-bond donors (Lipinski definition) is 2. The van der Waals surface area contributed by atoms with Gasteiger partial charge < -0.3 is 44.3 Å². The number of esters is 2. The van der Waals surface area contributed by atoms with Gasteiger partial charge in [-0.25, -0.2) is 9.59 Å². The summed E-state index contributed by atoms with van der Waals surface area (Å²) in [5.74, 6) is -0.475. The summed E-state index contributed by atoms with van der Waals surface area (Å²) in [6.07, 6.45) is 11.5. The Morgan fingerprint density at radius 2 is 1.03 bits per heavy atom. The van der Waals surface area contributed by atoms with E-state index in [0.717, 1.165) is 56.2 Å². The molecule has 6 nitrogen and oxygen atoms in total. The molecule has 2 aliphatic heterocycles. The van der Waals surface area contributed by atoms with Gasteiger partial charge in [0, 0.05) is 33.9 Å². The molecule has 0 amide bonds. The van der Waals surface area contributed by atoms with Crippen LogP contribution in [0.5, 0.6) is 0 Å². The third kappa shape index (κ3) is 5.79. The maximum absolute atomic E-state index is 11.7. The van der Waals surface area contributed by atoms with Gasteiger partial charge in [0.1, 0.15) is 13.2 Å². The van der Waals surface area contributed by atoms with E-state index in [1.54, 1.807) is 0 Å². The molecule has 0 atom stereocenters. The van der Waals surface area contributed by atoms with E-state index in [4.69, 9.17) is 9.47 Å². The Balaban J connectivity index is 0.000000241. The van der Waals surface area contributed by atoms with Crippen LogP contribution in [0.3, 0.4) is 0 Å². The molecule has 2 N–H and O–H groups in total. The number of aromatic amines is 2. The first kappa shape index (κ1) is 30.6. The van der Waals surface area contributed by atoms with Crippen LogP contribution in [0.15, 0.2) is 59.7 Å². The van der Waals surface area contributed by atoms with E-state index in [0.29, 0.717) is 24.4 Å². The minimum Gasteiger partial charge on any atom is -1.00 e. The first-order valence-electron chi connectivity index (χ1n) is 11.3. The summed E-state index contributed by atoms with van der Waals surface area (Å²) < 4.78 is 10.1. The predicted octanol–water partition coefficient (Wildman–Crippen LogP) is -0.781. The van der Waals surface area contributed by atoms with E-state index in [-0.39, 0.29) is 63.0 Å². The van der Waals surface area contributed by atoms with Gasteiger partial charge in [-0.3, -0.25) is 0 Å². The fourth-order valence-corrected chi connectivity index (χ4v) is 4.67. The maximum atomic E-state index is 11.7. The molecule has 0 saturated heterocycles. The van der Waals surface area contributed by atoms with Gasteiger partial charge in [-0.05, 0) is 98.6 Å². The topological polar surface area (TPSA) is 84.2 Å². The Kier molecular flexibility index (Phi) is 10.2. The van der Waals surface area contributed by atoms with E-state index >= 15 is 0 Å². The zero-order chi connectivity index (χ0) is 24.0. The van der Waals surface area contributed by atoms with Crippen LogP contribution < -0.4 is 24.8 Å². The number of hydrogen-bond acceptors (Lipinski definition) is 4. The van der Waals surface area contributed by atoms with Crippen LogP contribution in [0.4, 0.5) is 0 Å². The van der Waals surface area contributed by atoms with Crippen LogP contribution in [-0.2, 0) is 45.3 Å². The number of nitrogens with one attached hydrogen (secondary N) is 2. The zero-order valence-electron chi connectivity index (χ0n) is 20.9. The molecule has 190 valence electrons. The largest absolute Gasteiger partial charge is 2.00 e. The quantitative estimate of drug-likeness (QED) is 0.301. The monoisotopic (exact) mass is 614 g/mol. The van der Waals surface area contributed by atoms with Gasteiger partial charge in [0.15, 0.2) is 0 Å². The number of allylic oxidation sites excluding steroid dienone is 6. The van der Waals surface area contributed by atoms with Crippen molar-refractivity contribution in [2.75, 3.05) is 13.2 Å². The van der Waals surface area contributed by atoms with Gasteiger partial charge in [0.05, 0.1) is 11.1 Å². The third-order valence-corrected chi connectivity index (χ3v) is 6.21. The van der Waals surface area contributed by atoms with Crippen molar-refractivity contribution in [2.24, 2.45) is 0 Å². The Morgan fingerprint density at radius 3 is 1.38 bits per heavy atom. The SMILES string of the molecule is CC1=CC(=C2C=CCOC2=O)c2cc(C)[nH]c21.CC1=CC(=C2C=CCOC2=O)c2cc(C)[nH]c21.[Cl-].[Cl-].[Zr+2]. The van der Waals surface area contributed by atoms with Crippen molar-refractivity contribution in [1.82, 2.24) is 9.97 Å². The van der Waals surface area contributed by atoms with Crippen molar-refractivity contribution in [2.45, 2.75) is 27.7 Å². The molecule has 0 saturated carbocycles. The third-order valence-electron chi connectivity index (χ3n) is 6.21. The summed E-state index contributed by atoms with van der Waals surface area (Å²) in [4.78, 5) is 30.1. The molecule has 2 aromatic rings. The van der Waals surface area contributed by atoms with Crippen LogP contribution in [0, 0.1) is 13.8 Å². The predicted molar refractivity (Wildman–Crippen MR) is 132 cm³/mol. The second-order valence-electron chi connectivity index (χ2n) is 8.79. The van der Waals surface area contributed by atoms with Gasteiger partial charge in [0.25, 0.3) is 0 Å². The number of aryl methyl sites for hydroxylation is 2. The molecule has 0 bridgehead atoms. The molecule has 2 aromatic heterocycles. The average molecular weight is 617 g/mol. The van der Waals surface area contributed by atoms with E-state index in [2.05, 4.69) is 22.1 Å². The van der Waals surface area contributed by atoms with E-state index in [1.807, 2.05) is 64.2 Å². The summed E-state index contributed by atoms with van der Waals surface area (Å²) in [5, 5.41) is 0. The smallest absolute Gasteiger partial charge is 1.00 e. The first-order valence-corrected chi connectivity index (χ1v) is 11.3. The summed E-state index contributed by atoms with van der Waals surface area (Å²) in [5.41, 5.74) is 12.1. The molecule has 0 fully saturated rings. The number of H-pyrrole nitrogens is 2. The summed E-state index contributed by atoms with van der Waals surface area (Å²) in [7, 11) is 0. The van der Waals surface area contributed by atoms with Crippen LogP contribution in [0.2, 0.25) is 0 Å². The number of carbonyl (C=O) groups is 2. The van der Waals surface area contributed by atoms with Gasteiger partial charge >= 0.3 is 38.1 Å². The van der Waals surface area contributed by atoms with Gasteiger partial charge in [-0.15, -0.1) is 0 Å². The molecule has 6 rings (SSSR count). The number of aromatic nitrogens is 2. The number of ether oxygens (including phenoxy) is 2. The summed E-state index contributed by atoms with van der Waals surface area (Å²) in [6.45, 7) is 8.86. The van der Waals surface area contributed by atoms with Crippen molar-refractivity contribution < 1.29 is 70.1 Å². The second-order valence-corrected chi connectivity index (χ2v) is 8.79.